The zero-order valence-electron chi connectivity index (χ0n) is 10.8. The smallest absolute Gasteiger partial charge is 0.320 e. The quantitative estimate of drug-likeness (QED) is 0.718. The fourth-order valence-electron chi connectivity index (χ4n) is 2.51. The molecule has 0 aromatic heterocycles. The molecule has 2 fully saturated rings. The number of halogens is 1. The molecule has 4 nitrogen and oxygen atoms in total. The normalized spacial score (nSPS) is 26.6. The number of carbonyl (C=O) groups excluding carboxylic acids is 1. The van der Waals surface area contributed by atoms with Gasteiger partial charge in [0.2, 0.25) is 0 Å². The SMILES string of the molecule is CC1CCN(C(=O)N2CCNC[C@H]2C)CC1.Cl. The van der Waals surface area contributed by atoms with E-state index in [2.05, 4.69) is 19.2 Å². The molecule has 2 rings (SSSR count). The zero-order chi connectivity index (χ0) is 11.5. The van der Waals surface area contributed by atoms with E-state index < -0.39 is 0 Å². The summed E-state index contributed by atoms with van der Waals surface area (Å²) in [6.07, 6.45) is 2.32. The Morgan fingerprint density at radius 2 is 1.82 bits per heavy atom. The van der Waals surface area contributed by atoms with E-state index in [1.165, 1.54) is 0 Å². The molecule has 2 amide bonds. The van der Waals surface area contributed by atoms with Gasteiger partial charge in [-0.05, 0) is 25.7 Å². The highest BCUT2D eigenvalue weighted by Gasteiger charge is 2.28. The second kappa shape index (κ2) is 6.45. The molecule has 5 heteroatoms. The third kappa shape index (κ3) is 3.49. The van der Waals surface area contributed by atoms with Gasteiger partial charge in [0.25, 0.3) is 0 Å². The molecule has 2 heterocycles. The van der Waals surface area contributed by atoms with Crippen molar-refractivity contribution in [1.29, 1.82) is 0 Å². The largest absolute Gasteiger partial charge is 0.325 e. The second-order valence-electron chi connectivity index (χ2n) is 5.20. The van der Waals surface area contributed by atoms with Gasteiger partial charge in [0.05, 0.1) is 0 Å². The number of likely N-dealkylation sites (tertiary alicyclic amines) is 1. The first kappa shape index (κ1) is 14.6. The Kier molecular flexibility index (Phi) is 5.53. The fourth-order valence-corrected chi connectivity index (χ4v) is 2.51. The third-order valence-electron chi connectivity index (χ3n) is 3.80. The van der Waals surface area contributed by atoms with Gasteiger partial charge in [-0.15, -0.1) is 12.4 Å². The first-order valence-corrected chi connectivity index (χ1v) is 6.44. The van der Waals surface area contributed by atoms with Crippen LogP contribution >= 0.6 is 12.4 Å². The average molecular weight is 262 g/mol. The Balaban J connectivity index is 0.00000144. The molecule has 2 saturated heterocycles. The molecule has 0 spiro atoms. The maximum absolute atomic E-state index is 12.3. The van der Waals surface area contributed by atoms with Crippen molar-refractivity contribution in [3.05, 3.63) is 0 Å². The van der Waals surface area contributed by atoms with Crippen LogP contribution in [0, 0.1) is 5.92 Å². The van der Waals surface area contributed by atoms with Crippen LogP contribution in [-0.4, -0.2) is 54.6 Å². The van der Waals surface area contributed by atoms with E-state index in [-0.39, 0.29) is 18.4 Å². The number of amides is 2. The predicted molar refractivity (Wildman–Crippen MR) is 71.7 cm³/mol. The minimum absolute atomic E-state index is 0. The van der Waals surface area contributed by atoms with E-state index in [0.29, 0.717) is 6.04 Å². The number of urea groups is 1. The minimum atomic E-state index is 0. The standard InChI is InChI=1S/C12H23N3O.ClH/c1-10-3-6-14(7-4-10)12(16)15-8-5-13-9-11(15)2;/h10-11,13H,3-9H2,1-2H3;1H/t11-;/m1./s1. The molecule has 0 unspecified atom stereocenters. The van der Waals surface area contributed by atoms with Gasteiger partial charge in [-0.25, -0.2) is 4.79 Å². The Morgan fingerprint density at radius 1 is 1.18 bits per heavy atom. The number of piperidine rings is 1. The first-order chi connectivity index (χ1) is 7.68. The van der Waals surface area contributed by atoms with Crippen molar-refractivity contribution >= 4 is 18.4 Å². The number of piperazine rings is 1. The number of hydrogen-bond acceptors (Lipinski definition) is 2. The van der Waals surface area contributed by atoms with Gasteiger partial charge in [-0.1, -0.05) is 6.92 Å². The van der Waals surface area contributed by atoms with Crippen molar-refractivity contribution in [1.82, 2.24) is 15.1 Å². The monoisotopic (exact) mass is 261 g/mol. The van der Waals surface area contributed by atoms with Gasteiger partial charge >= 0.3 is 6.03 Å². The Labute approximate surface area is 110 Å². The van der Waals surface area contributed by atoms with Crippen LogP contribution in [0.2, 0.25) is 0 Å². The summed E-state index contributed by atoms with van der Waals surface area (Å²) in [7, 11) is 0. The lowest BCUT2D eigenvalue weighted by Crippen LogP contribution is -2.57. The third-order valence-corrected chi connectivity index (χ3v) is 3.80. The lowest BCUT2D eigenvalue weighted by molar-refractivity contribution is 0.112. The van der Waals surface area contributed by atoms with Crippen LogP contribution < -0.4 is 5.32 Å². The molecule has 1 N–H and O–H groups in total. The minimum Gasteiger partial charge on any atom is -0.325 e. The lowest BCUT2D eigenvalue weighted by atomic mass is 9.99. The van der Waals surface area contributed by atoms with E-state index >= 15 is 0 Å². The summed E-state index contributed by atoms with van der Waals surface area (Å²) in [5.41, 5.74) is 0. The molecule has 0 bridgehead atoms. The molecule has 0 aromatic carbocycles. The highest BCUT2D eigenvalue weighted by molar-refractivity contribution is 5.85. The van der Waals surface area contributed by atoms with E-state index in [9.17, 15) is 4.79 Å². The number of carbonyl (C=O) groups is 1. The number of hydrogen-bond donors (Lipinski definition) is 1. The lowest BCUT2D eigenvalue weighted by Gasteiger charge is -2.39. The van der Waals surface area contributed by atoms with Crippen molar-refractivity contribution in [3.63, 3.8) is 0 Å². The van der Waals surface area contributed by atoms with E-state index in [4.69, 9.17) is 0 Å². The number of nitrogens with one attached hydrogen (secondary N) is 1. The molecule has 100 valence electrons. The highest BCUT2D eigenvalue weighted by atomic mass is 35.5. The molecular weight excluding hydrogens is 238 g/mol. The second-order valence-corrected chi connectivity index (χ2v) is 5.20. The molecule has 0 radical (unpaired) electrons. The van der Waals surface area contributed by atoms with Crippen molar-refractivity contribution in [2.24, 2.45) is 5.92 Å². The first-order valence-electron chi connectivity index (χ1n) is 6.44. The van der Waals surface area contributed by atoms with Crippen LogP contribution in [0.1, 0.15) is 26.7 Å². The highest BCUT2D eigenvalue weighted by Crippen LogP contribution is 2.18. The van der Waals surface area contributed by atoms with E-state index in [1.54, 1.807) is 0 Å². The predicted octanol–water partition coefficient (Wildman–Crippen LogP) is 1.55. The van der Waals surface area contributed by atoms with Gasteiger partial charge in [0, 0.05) is 38.8 Å². The van der Waals surface area contributed by atoms with E-state index in [0.717, 1.165) is 51.5 Å². The summed E-state index contributed by atoms with van der Waals surface area (Å²) in [5, 5.41) is 3.32. The number of rotatable bonds is 0. The van der Waals surface area contributed by atoms with Crippen molar-refractivity contribution < 1.29 is 4.79 Å². The molecule has 0 aromatic rings. The summed E-state index contributed by atoms with van der Waals surface area (Å²) < 4.78 is 0. The van der Waals surface area contributed by atoms with Crippen molar-refractivity contribution in [2.45, 2.75) is 32.7 Å². The molecule has 0 aliphatic carbocycles. The van der Waals surface area contributed by atoms with Crippen LogP contribution in [-0.2, 0) is 0 Å². The fraction of sp³-hybridized carbons (Fsp3) is 0.917. The topological polar surface area (TPSA) is 35.6 Å². The number of nitrogens with zero attached hydrogens (tertiary/aromatic N) is 2. The van der Waals surface area contributed by atoms with Gasteiger partial charge in [-0.2, -0.15) is 0 Å². The van der Waals surface area contributed by atoms with Gasteiger partial charge in [0.1, 0.15) is 0 Å². The Hall–Kier alpha value is -0.480. The summed E-state index contributed by atoms with van der Waals surface area (Å²) in [6.45, 7) is 8.99. The Morgan fingerprint density at radius 3 is 2.41 bits per heavy atom. The molecule has 1 atom stereocenters. The summed E-state index contributed by atoms with van der Waals surface area (Å²) in [4.78, 5) is 16.3. The Bertz CT molecular complexity index is 254. The van der Waals surface area contributed by atoms with Gasteiger partial charge in [0.15, 0.2) is 0 Å². The van der Waals surface area contributed by atoms with Crippen molar-refractivity contribution in [2.75, 3.05) is 32.7 Å². The molecule has 2 aliphatic rings. The van der Waals surface area contributed by atoms with E-state index in [1.807, 2.05) is 9.80 Å². The van der Waals surface area contributed by atoms with Gasteiger partial charge < -0.3 is 15.1 Å². The maximum atomic E-state index is 12.3. The maximum Gasteiger partial charge on any atom is 0.320 e. The molecule has 0 saturated carbocycles. The summed E-state index contributed by atoms with van der Waals surface area (Å²) in [5.74, 6) is 0.782. The van der Waals surface area contributed by atoms with Crippen molar-refractivity contribution in [3.8, 4) is 0 Å². The molecular formula is C12H24ClN3O. The molecule has 17 heavy (non-hydrogen) atoms. The summed E-state index contributed by atoms with van der Waals surface area (Å²) in [6, 6.07) is 0.585. The van der Waals surface area contributed by atoms with Crippen LogP contribution in [0.4, 0.5) is 4.79 Å². The van der Waals surface area contributed by atoms with Crippen LogP contribution in [0.15, 0.2) is 0 Å². The average Bonchev–Trinajstić information content (AvgIpc) is 2.30. The van der Waals surface area contributed by atoms with Crippen LogP contribution in [0.25, 0.3) is 0 Å². The zero-order valence-corrected chi connectivity index (χ0v) is 11.6. The summed E-state index contributed by atoms with van der Waals surface area (Å²) >= 11 is 0. The van der Waals surface area contributed by atoms with Gasteiger partial charge in [-0.3, -0.25) is 0 Å². The van der Waals surface area contributed by atoms with Crippen LogP contribution in [0.5, 0.6) is 0 Å². The molecule has 2 aliphatic heterocycles. The van der Waals surface area contributed by atoms with Crippen LogP contribution in [0.3, 0.4) is 0 Å².